The number of rotatable bonds is 5. The first-order valence-corrected chi connectivity index (χ1v) is 10.8. The summed E-state index contributed by atoms with van der Waals surface area (Å²) in [5.41, 5.74) is 4.20. The molecule has 5 rings (SSSR count). The molecule has 1 atom stereocenters. The van der Waals surface area contributed by atoms with E-state index in [-0.39, 0.29) is 43.2 Å². The van der Waals surface area contributed by atoms with Crippen LogP contribution in [0.4, 0.5) is 10.1 Å². The van der Waals surface area contributed by atoms with Gasteiger partial charge in [0.2, 0.25) is 5.91 Å². The lowest BCUT2D eigenvalue weighted by Gasteiger charge is -2.32. The highest BCUT2D eigenvalue weighted by Gasteiger charge is 2.42. The van der Waals surface area contributed by atoms with E-state index in [1.807, 2.05) is 43.3 Å². The van der Waals surface area contributed by atoms with Crippen molar-refractivity contribution in [2.24, 2.45) is 0 Å². The van der Waals surface area contributed by atoms with Gasteiger partial charge in [0.1, 0.15) is 24.8 Å². The van der Waals surface area contributed by atoms with Gasteiger partial charge in [-0.3, -0.25) is 9.69 Å². The minimum Gasteiger partial charge on any atom is -0.489 e. The summed E-state index contributed by atoms with van der Waals surface area (Å²) in [6, 6.07) is 21.3. The summed E-state index contributed by atoms with van der Waals surface area (Å²) in [5, 5.41) is 0. The number of ether oxygens (including phenoxy) is 2. The summed E-state index contributed by atoms with van der Waals surface area (Å²) in [6.07, 6.45) is 0.164. The second-order valence-corrected chi connectivity index (χ2v) is 8.21. The van der Waals surface area contributed by atoms with E-state index in [4.69, 9.17) is 9.47 Å². The van der Waals surface area contributed by atoms with Gasteiger partial charge in [-0.05, 0) is 48.4 Å². The van der Waals surface area contributed by atoms with Crippen LogP contribution in [0.5, 0.6) is 5.75 Å². The molecular formula is C27H22FNO4. The molecule has 33 heavy (non-hydrogen) atoms. The van der Waals surface area contributed by atoms with Gasteiger partial charge in [0.25, 0.3) is 0 Å². The zero-order valence-corrected chi connectivity index (χ0v) is 18.1. The molecule has 3 aromatic rings. The predicted octanol–water partition coefficient (Wildman–Crippen LogP) is 5.04. The van der Waals surface area contributed by atoms with Crippen molar-refractivity contribution in [2.75, 3.05) is 11.5 Å². The van der Waals surface area contributed by atoms with Crippen molar-refractivity contribution in [1.29, 1.82) is 0 Å². The Hall–Kier alpha value is -3.93. The summed E-state index contributed by atoms with van der Waals surface area (Å²) in [7, 11) is 0. The maximum absolute atomic E-state index is 13.8. The Morgan fingerprint density at radius 2 is 1.82 bits per heavy atom. The van der Waals surface area contributed by atoms with Gasteiger partial charge in [-0.15, -0.1) is 0 Å². The van der Waals surface area contributed by atoms with Gasteiger partial charge in [0.15, 0.2) is 0 Å². The summed E-state index contributed by atoms with van der Waals surface area (Å²) >= 11 is 0. The average Bonchev–Trinajstić information content (AvgIpc) is 3.19. The van der Waals surface area contributed by atoms with Crippen LogP contribution in [0, 0.1) is 12.7 Å². The van der Waals surface area contributed by atoms with Crippen molar-refractivity contribution in [3.63, 3.8) is 0 Å². The molecule has 166 valence electrons. The predicted molar refractivity (Wildman–Crippen MR) is 121 cm³/mol. The first kappa shape index (κ1) is 20.9. The molecule has 0 N–H and O–H groups in total. The molecule has 2 aliphatic rings. The number of cyclic esters (lactones) is 1. The third-order valence-corrected chi connectivity index (χ3v) is 6.01. The number of hydrogen-bond donors (Lipinski definition) is 0. The second kappa shape index (κ2) is 8.54. The standard InChI is InChI=1S/C27H22FNO4/c1-17-5-4-7-20(13-17)29-24-16-33-27(31)26(24)22(14-25(29)30)18-9-11-21(12-10-18)32-15-19-6-2-3-8-23(19)28/h2-13,22H,14-16H2,1H3. The lowest BCUT2D eigenvalue weighted by molar-refractivity contribution is -0.136. The van der Waals surface area contributed by atoms with E-state index in [1.165, 1.54) is 6.07 Å². The van der Waals surface area contributed by atoms with Gasteiger partial charge >= 0.3 is 5.97 Å². The van der Waals surface area contributed by atoms with Crippen molar-refractivity contribution < 1.29 is 23.5 Å². The third kappa shape index (κ3) is 4.00. The van der Waals surface area contributed by atoms with Gasteiger partial charge in [-0.25, -0.2) is 9.18 Å². The number of esters is 1. The molecule has 6 heteroatoms. The Morgan fingerprint density at radius 1 is 1.03 bits per heavy atom. The molecule has 0 bridgehead atoms. The lowest BCUT2D eigenvalue weighted by atomic mass is 9.84. The number of aryl methyl sites for hydroxylation is 1. The highest BCUT2D eigenvalue weighted by molar-refractivity contribution is 6.06. The molecule has 1 unspecified atom stereocenters. The average molecular weight is 443 g/mol. The van der Waals surface area contributed by atoms with Crippen molar-refractivity contribution in [3.8, 4) is 5.75 Å². The van der Waals surface area contributed by atoms with Crippen LogP contribution in [-0.4, -0.2) is 18.5 Å². The Morgan fingerprint density at radius 3 is 2.58 bits per heavy atom. The Kier molecular flexibility index (Phi) is 5.42. The lowest BCUT2D eigenvalue weighted by Crippen LogP contribution is -2.37. The number of amides is 1. The maximum atomic E-state index is 13.8. The maximum Gasteiger partial charge on any atom is 0.336 e. The molecule has 0 radical (unpaired) electrons. The molecule has 1 amide bonds. The molecule has 0 aromatic heterocycles. The Balaban J connectivity index is 1.41. The van der Waals surface area contributed by atoms with Gasteiger partial charge < -0.3 is 9.47 Å². The van der Waals surface area contributed by atoms with Crippen molar-refractivity contribution in [2.45, 2.75) is 25.9 Å². The van der Waals surface area contributed by atoms with Gasteiger partial charge in [-0.1, -0.05) is 42.5 Å². The van der Waals surface area contributed by atoms with Gasteiger partial charge in [-0.2, -0.15) is 0 Å². The summed E-state index contributed by atoms with van der Waals surface area (Å²) in [4.78, 5) is 27.4. The first-order valence-electron chi connectivity index (χ1n) is 10.8. The second-order valence-electron chi connectivity index (χ2n) is 8.21. The zero-order chi connectivity index (χ0) is 22.9. The number of halogens is 1. The molecule has 2 aliphatic heterocycles. The van der Waals surface area contributed by atoms with Crippen LogP contribution in [0.3, 0.4) is 0 Å². The fourth-order valence-electron chi connectivity index (χ4n) is 4.38. The summed E-state index contributed by atoms with van der Waals surface area (Å²) in [5.74, 6) is -0.590. The fraction of sp³-hybridized carbons (Fsp3) is 0.185. The van der Waals surface area contributed by atoms with Crippen LogP contribution in [-0.2, 0) is 20.9 Å². The van der Waals surface area contributed by atoms with Crippen LogP contribution in [0.15, 0.2) is 84.1 Å². The molecule has 0 fully saturated rings. The molecule has 0 saturated heterocycles. The van der Waals surface area contributed by atoms with Crippen molar-refractivity contribution in [3.05, 3.63) is 107 Å². The molecule has 0 saturated carbocycles. The molecule has 5 nitrogen and oxygen atoms in total. The van der Waals surface area contributed by atoms with E-state index in [0.29, 0.717) is 22.6 Å². The summed E-state index contributed by atoms with van der Waals surface area (Å²) < 4.78 is 24.9. The fourth-order valence-corrected chi connectivity index (χ4v) is 4.38. The smallest absolute Gasteiger partial charge is 0.336 e. The zero-order valence-electron chi connectivity index (χ0n) is 18.1. The van der Waals surface area contributed by atoms with E-state index in [0.717, 1.165) is 16.8 Å². The van der Waals surface area contributed by atoms with Crippen LogP contribution in [0.25, 0.3) is 0 Å². The monoisotopic (exact) mass is 443 g/mol. The topological polar surface area (TPSA) is 55.8 Å². The minimum absolute atomic E-state index is 0.0776. The highest BCUT2D eigenvalue weighted by Crippen LogP contribution is 2.42. The van der Waals surface area contributed by atoms with E-state index in [1.54, 1.807) is 35.2 Å². The van der Waals surface area contributed by atoms with Gasteiger partial charge in [0, 0.05) is 23.6 Å². The number of hydrogen-bond acceptors (Lipinski definition) is 4. The van der Waals surface area contributed by atoms with Crippen LogP contribution < -0.4 is 9.64 Å². The van der Waals surface area contributed by atoms with E-state index >= 15 is 0 Å². The number of carbonyl (C=O) groups is 2. The molecule has 0 aliphatic carbocycles. The molecular weight excluding hydrogens is 421 g/mol. The molecule has 2 heterocycles. The highest BCUT2D eigenvalue weighted by atomic mass is 19.1. The van der Waals surface area contributed by atoms with Crippen molar-refractivity contribution in [1.82, 2.24) is 0 Å². The molecule has 0 spiro atoms. The third-order valence-electron chi connectivity index (χ3n) is 6.01. The minimum atomic E-state index is -0.389. The largest absolute Gasteiger partial charge is 0.489 e. The van der Waals surface area contributed by atoms with Crippen LogP contribution in [0.1, 0.15) is 29.0 Å². The first-order chi connectivity index (χ1) is 16.0. The van der Waals surface area contributed by atoms with Gasteiger partial charge in [0.05, 0.1) is 11.3 Å². The van der Waals surface area contributed by atoms with Crippen molar-refractivity contribution >= 4 is 17.6 Å². The normalized spacial score (nSPS) is 17.8. The quantitative estimate of drug-likeness (QED) is 0.518. The van der Waals surface area contributed by atoms with E-state index in [2.05, 4.69) is 0 Å². The number of benzene rings is 3. The SMILES string of the molecule is Cc1cccc(N2C(=O)CC(c3ccc(OCc4ccccc4F)cc3)C3=C2COC3=O)c1. The van der Waals surface area contributed by atoms with Crippen LogP contribution >= 0.6 is 0 Å². The number of carbonyl (C=O) groups excluding carboxylic acids is 2. The van der Waals surface area contributed by atoms with E-state index in [9.17, 15) is 14.0 Å². The van der Waals surface area contributed by atoms with E-state index < -0.39 is 0 Å². The summed E-state index contributed by atoms with van der Waals surface area (Å²) in [6.45, 7) is 2.15. The molecule has 3 aromatic carbocycles. The van der Waals surface area contributed by atoms with Crippen LogP contribution in [0.2, 0.25) is 0 Å². The Labute approximate surface area is 191 Å². The Bertz CT molecular complexity index is 1270. The number of nitrogens with zero attached hydrogens (tertiary/aromatic N) is 1. The number of anilines is 1.